The van der Waals surface area contributed by atoms with Crippen molar-refractivity contribution in [2.45, 2.75) is 25.3 Å². The molecule has 0 radical (unpaired) electrons. The lowest BCUT2D eigenvalue weighted by Crippen LogP contribution is -2.49. The maximum absolute atomic E-state index is 13.0. The number of aliphatic hydroxyl groups excluding tert-OH is 1. The van der Waals surface area contributed by atoms with E-state index in [2.05, 4.69) is 10.6 Å². The van der Waals surface area contributed by atoms with Crippen molar-refractivity contribution in [3.63, 3.8) is 0 Å². The highest BCUT2D eigenvalue weighted by molar-refractivity contribution is 5.74. The van der Waals surface area contributed by atoms with Gasteiger partial charge in [-0.3, -0.25) is 0 Å². The van der Waals surface area contributed by atoms with Crippen molar-refractivity contribution in [2.24, 2.45) is 17.8 Å². The van der Waals surface area contributed by atoms with Crippen LogP contribution in [0.4, 0.5) is 9.18 Å². The Hall–Kier alpha value is -1.82. The van der Waals surface area contributed by atoms with Crippen LogP contribution in [0.15, 0.2) is 24.3 Å². The molecule has 2 saturated carbocycles. The van der Waals surface area contributed by atoms with E-state index in [1.807, 2.05) is 0 Å². The average Bonchev–Trinajstić information content (AvgIpc) is 3.13. The second-order valence-corrected chi connectivity index (χ2v) is 6.41. The van der Waals surface area contributed by atoms with Crippen molar-refractivity contribution < 1.29 is 19.0 Å². The first-order valence-corrected chi connectivity index (χ1v) is 8.21. The van der Waals surface area contributed by atoms with Gasteiger partial charge in [0.1, 0.15) is 18.2 Å². The molecule has 4 atom stereocenters. The molecule has 0 saturated heterocycles. The van der Waals surface area contributed by atoms with Crippen molar-refractivity contribution in [2.75, 3.05) is 19.8 Å². The normalized spacial score (nSPS) is 28.6. The van der Waals surface area contributed by atoms with Crippen LogP contribution in [0, 0.1) is 23.6 Å². The van der Waals surface area contributed by atoms with Gasteiger partial charge in [0.2, 0.25) is 0 Å². The van der Waals surface area contributed by atoms with Crippen LogP contribution in [0.1, 0.15) is 19.3 Å². The minimum absolute atomic E-state index is 0.0721. The Morgan fingerprint density at radius 3 is 2.96 bits per heavy atom. The fourth-order valence-corrected chi connectivity index (χ4v) is 3.99. The third-order valence-corrected chi connectivity index (χ3v) is 5.05. The van der Waals surface area contributed by atoms with Crippen LogP contribution in [0.2, 0.25) is 0 Å². The second-order valence-electron chi connectivity index (χ2n) is 6.41. The number of fused-ring (bicyclic) bond motifs is 2. The van der Waals surface area contributed by atoms with E-state index in [1.54, 1.807) is 12.1 Å². The van der Waals surface area contributed by atoms with E-state index in [1.165, 1.54) is 12.1 Å². The monoisotopic (exact) mass is 322 g/mol. The largest absolute Gasteiger partial charge is 0.492 e. The molecule has 1 aromatic carbocycles. The number of carbonyl (C=O) groups is 1. The Balaban J connectivity index is 1.38. The number of carbonyl (C=O) groups excluding carboxylic acids is 1. The van der Waals surface area contributed by atoms with Gasteiger partial charge in [-0.2, -0.15) is 0 Å². The van der Waals surface area contributed by atoms with Crippen LogP contribution in [-0.2, 0) is 0 Å². The fraction of sp³-hybridized carbons (Fsp3) is 0.588. The molecular weight excluding hydrogens is 299 g/mol. The van der Waals surface area contributed by atoms with Gasteiger partial charge < -0.3 is 20.5 Å². The smallest absolute Gasteiger partial charge is 0.315 e. The molecule has 5 nitrogen and oxygen atoms in total. The summed E-state index contributed by atoms with van der Waals surface area (Å²) in [7, 11) is 0. The van der Waals surface area contributed by atoms with E-state index >= 15 is 0 Å². The highest BCUT2D eigenvalue weighted by Crippen LogP contribution is 2.48. The Labute approximate surface area is 135 Å². The molecule has 126 valence electrons. The Morgan fingerprint density at radius 1 is 1.35 bits per heavy atom. The Morgan fingerprint density at radius 2 is 2.17 bits per heavy atom. The number of halogens is 1. The molecule has 3 rings (SSSR count). The molecule has 1 aromatic rings. The first kappa shape index (κ1) is 16.1. The summed E-state index contributed by atoms with van der Waals surface area (Å²) in [6.45, 7) is 0.749. The average molecular weight is 322 g/mol. The standard InChI is InChI=1S/C17H23FN2O3/c18-13-2-1-3-14(9-13)23-7-6-19-17(22)20-16-12-5-4-11(8-12)15(16)10-21/h1-3,9,11-12,15-16,21H,4-8,10H2,(H2,19,20,22). The number of hydrogen-bond acceptors (Lipinski definition) is 3. The molecule has 2 amide bonds. The lowest BCUT2D eigenvalue weighted by Gasteiger charge is -2.30. The molecule has 6 heteroatoms. The minimum Gasteiger partial charge on any atom is -0.492 e. The molecule has 23 heavy (non-hydrogen) atoms. The summed E-state index contributed by atoms with van der Waals surface area (Å²) in [6, 6.07) is 5.75. The number of rotatable bonds is 6. The summed E-state index contributed by atoms with van der Waals surface area (Å²) < 4.78 is 18.4. The van der Waals surface area contributed by atoms with E-state index in [9.17, 15) is 14.3 Å². The molecule has 4 unspecified atom stereocenters. The molecule has 3 N–H and O–H groups in total. The molecule has 2 aliphatic rings. The molecule has 0 heterocycles. The van der Waals surface area contributed by atoms with E-state index in [-0.39, 0.29) is 37.0 Å². The lowest BCUT2D eigenvalue weighted by molar-refractivity contribution is 0.144. The number of amides is 2. The molecule has 2 fully saturated rings. The summed E-state index contributed by atoms with van der Waals surface area (Å²) in [4.78, 5) is 12.0. The number of nitrogens with one attached hydrogen (secondary N) is 2. The Bertz CT molecular complexity index is 554. The van der Waals surface area contributed by atoms with Gasteiger partial charge in [-0.1, -0.05) is 6.07 Å². The van der Waals surface area contributed by atoms with Crippen molar-refractivity contribution in [1.29, 1.82) is 0 Å². The van der Waals surface area contributed by atoms with E-state index in [4.69, 9.17) is 4.74 Å². The first-order chi connectivity index (χ1) is 11.2. The van der Waals surface area contributed by atoms with Crippen LogP contribution in [0.5, 0.6) is 5.75 Å². The van der Waals surface area contributed by atoms with Crippen LogP contribution >= 0.6 is 0 Å². The molecule has 0 aromatic heterocycles. The third-order valence-electron chi connectivity index (χ3n) is 5.05. The van der Waals surface area contributed by atoms with E-state index in [0.29, 0.717) is 24.1 Å². The maximum Gasteiger partial charge on any atom is 0.315 e. The highest BCUT2D eigenvalue weighted by Gasteiger charge is 2.47. The molecule has 0 spiro atoms. The quantitative estimate of drug-likeness (QED) is 0.701. The summed E-state index contributed by atoms with van der Waals surface area (Å²) >= 11 is 0. The number of benzene rings is 1. The minimum atomic E-state index is -0.348. The van der Waals surface area contributed by atoms with Gasteiger partial charge in [-0.25, -0.2) is 9.18 Å². The zero-order valence-electron chi connectivity index (χ0n) is 13.0. The fourth-order valence-electron chi connectivity index (χ4n) is 3.99. The van der Waals surface area contributed by atoms with Crippen LogP contribution in [-0.4, -0.2) is 36.9 Å². The van der Waals surface area contributed by atoms with Gasteiger partial charge in [-0.15, -0.1) is 0 Å². The maximum atomic E-state index is 13.0. The summed E-state index contributed by atoms with van der Waals surface area (Å²) in [5.74, 6) is 1.32. The second kappa shape index (κ2) is 7.17. The van der Waals surface area contributed by atoms with Crippen LogP contribution in [0.25, 0.3) is 0 Å². The van der Waals surface area contributed by atoms with E-state index in [0.717, 1.165) is 19.3 Å². The SMILES string of the molecule is O=C(NCCOc1cccc(F)c1)NC1C2CCC(C2)C1CO. The van der Waals surface area contributed by atoms with Gasteiger partial charge in [-0.05, 0) is 43.2 Å². The lowest BCUT2D eigenvalue weighted by atomic mass is 9.85. The molecular formula is C17H23FN2O3. The van der Waals surface area contributed by atoms with E-state index < -0.39 is 0 Å². The van der Waals surface area contributed by atoms with Gasteiger partial charge in [0, 0.05) is 24.6 Å². The molecule has 0 aliphatic heterocycles. The van der Waals surface area contributed by atoms with Crippen LogP contribution in [0.3, 0.4) is 0 Å². The predicted octanol–water partition coefficient (Wildman–Crippen LogP) is 1.91. The molecule has 2 aliphatic carbocycles. The zero-order chi connectivity index (χ0) is 16.2. The first-order valence-electron chi connectivity index (χ1n) is 8.21. The highest BCUT2D eigenvalue weighted by atomic mass is 19.1. The van der Waals surface area contributed by atoms with Crippen molar-refractivity contribution in [3.05, 3.63) is 30.1 Å². The number of ether oxygens (including phenoxy) is 1. The Kier molecular flexibility index (Phi) is 5.00. The summed E-state index contributed by atoms with van der Waals surface area (Å²) in [6.07, 6.45) is 3.41. The number of aliphatic hydroxyl groups is 1. The number of hydrogen-bond donors (Lipinski definition) is 3. The van der Waals surface area contributed by atoms with Crippen molar-refractivity contribution in [3.8, 4) is 5.75 Å². The van der Waals surface area contributed by atoms with Crippen molar-refractivity contribution >= 4 is 6.03 Å². The summed E-state index contributed by atoms with van der Waals surface area (Å²) in [5, 5.41) is 15.3. The van der Waals surface area contributed by atoms with Gasteiger partial charge in [0.15, 0.2) is 0 Å². The predicted molar refractivity (Wildman–Crippen MR) is 83.6 cm³/mol. The van der Waals surface area contributed by atoms with Gasteiger partial charge in [0.05, 0.1) is 6.54 Å². The third kappa shape index (κ3) is 3.75. The van der Waals surface area contributed by atoms with Crippen molar-refractivity contribution in [1.82, 2.24) is 10.6 Å². The molecule has 2 bridgehead atoms. The van der Waals surface area contributed by atoms with Crippen LogP contribution < -0.4 is 15.4 Å². The number of urea groups is 1. The topological polar surface area (TPSA) is 70.6 Å². The summed E-state index contributed by atoms with van der Waals surface area (Å²) in [5.41, 5.74) is 0. The van der Waals surface area contributed by atoms with Gasteiger partial charge in [0.25, 0.3) is 0 Å². The van der Waals surface area contributed by atoms with Gasteiger partial charge >= 0.3 is 6.03 Å². The zero-order valence-corrected chi connectivity index (χ0v) is 13.0.